The van der Waals surface area contributed by atoms with E-state index in [0.717, 1.165) is 45.2 Å². The molecular formula is C18H26O3. The zero-order valence-electron chi connectivity index (χ0n) is 13.1. The monoisotopic (exact) mass is 290 g/mol. The summed E-state index contributed by atoms with van der Waals surface area (Å²) in [6.45, 7) is 10.0. The van der Waals surface area contributed by atoms with E-state index in [0.29, 0.717) is 11.8 Å². The highest BCUT2D eigenvalue weighted by molar-refractivity contribution is 5.55. The van der Waals surface area contributed by atoms with Crippen molar-refractivity contribution in [3.63, 3.8) is 0 Å². The van der Waals surface area contributed by atoms with Crippen molar-refractivity contribution in [1.82, 2.24) is 0 Å². The van der Waals surface area contributed by atoms with Crippen molar-refractivity contribution in [3.05, 3.63) is 24.3 Å². The summed E-state index contributed by atoms with van der Waals surface area (Å²) in [5.41, 5.74) is 1.30. The van der Waals surface area contributed by atoms with Crippen LogP contribution in [0, 0.1) is 23.2 Å². The molecule has 0 aromatic rings. The second kappa shape index (κ2) is 5.36. The van der Waals surface area contributed by atoms with Crippen LogP contribution in [0.4, 0.5) is 0 Å². The van der Waals surface area contributed by atoms with Crippen LogP contribution in [0.15, 0.2) is 24.3 Å². The molecule has 2 aliphatic carbocycles. The second-order valence-corrected chi connectivity index (χ2v) is 7.70. The van der Waals surface area contributed by atoms with Crippen molar-refractivity contribution in [2.24, 2.45) is 23.2 Å². The molecule has 0 radical (unpaired) electrons. The van der Waals surface area contributed by atoms with Crippen molar-refractivity contribution in [3.8, 4) is 0 Å². The minimum Gasteiger partial charge on any atom is -0.349 e. The van der Waals surface area contributed by atoms with Gasteiger partial charge in [-0.3, -0.25) is 0 Å². The first-order chi connectivity index (χ1) is 9.95. The molecular weight excluding hydrogens is 264 g/mol. The van der Waals surface area contributed by atoms with Crippen LogP contribution in [0.2, 0.25) is 0 Å². The van der Waals surface area contributed by atoms with Gasteiger partial charge in [0.1, 0.15) is 6.29 Å². The van der Waals surface area contributed by atoms with Gasteiger partial charge in [0.25, 0.3) is 0 Å². The Bertz CT molecular complexity index is 453. The fourth-order valence-electron chi connectivity index (χ4n) is 3.91. The first kappa shape index (κ1) is 15.0. The molecule has 0 amide bonds. The largest absolute Gasteiger partial charge is 0.349 e. The van der Waals surface area contributed by atoms with Gasteiger partial charge in [-0.25, -0.2) is 0 Å². The zero-order valence-corrected chi connectivity index (χ0v) is 13.1. The minimum atomic E-state index is -0.487. The Kier molecular flexibility index (Phi) is 3.83. The molecule has 2 fully saturated rings. The summed E-state index contributed by atoms with van der Waals surface area (Å²) in [6, 6.07) is 0. The number of hydrogen-bond donors (Lipinski definition) is 0. The molecule has 1 aliphatic heterocycles. The number of rotatable bonds is 1. The van der Waals surface area contributed by atoms with Crippen molar-refractivity contribution < 1.29 is 14.3 Å². The van der Waals surface area contributed by atoms with E-state index in [1.54, 1.807) is 0 Å². The van der Waals surface area contributed by atoms with E-state index in [1.165, 1.54) is 5.57 Å². The van der Waals surface area contributed by atoms with E-state index in [-0.39, 0.29) is 11.3 Å². The summed E-state index contributed by atoms with van der Waals surface area (Å²) < 4.78 is 12.3. The lowest BCUT2D eigenvalue weighted by atomic mass is 9.77. The summed E-state index contributed by atoms with van der Waals surface area (Å²) in [5, 5.41) is 0. The number of hydrogen-bond acceptors (Lipinski definition) is 3. The summed E-state index contributed by atoms with van der Waals surface area (Å²) in [4.78, 5) is 11.5. The molecule has 3 rings (SSSR count). The maximum absolute atomic E-state index is 11.5. The molecule has 3 atom stereocenters. The molecule has 3 aliphatic rings. The smallest absolute Gasteiger partial charge is 0.169 e. The van der Waals surface area contributed by atoms with Crippen LogP contribution in [0.5, 0.6) is 0 Å². The van der Waals surface area contributed by atoms with Crippen LogP contribution < -0.4 is 0 Å². The summed E-state index contributed by atoms with van der Waals surface area (Å²) in [7, 11) is 0. The molecule has 116 valence electrons. The topological polar surface area (TPSA) is 35.5 Å². The lowest BCUT2D eigenvalue weighted by molar-refractivity contribution is -0.297. The minimum absolute atomic E-state index is 0.0600. The maximum Gasteiger partial charge on any atom is 0.169 e. The fourth-order valence-corrected chi connectivity index (χ4v) is 3.91. The third-order valence-corrected chi connectivity index (χ3v) is 5.25. The van der Waals surface area contributed by atoms with E-state index < -0.39 is 5.79 Å². The Morgan fingerprint density at radius 3 is 2.62 bits per heavy atom. The molecule has 3 nitrogen and oxygen atoms in total. The number of ether oxygens (including phenoxy) is 2. The summed E-state index contributed by atoms with van der Waals surface area (Å²) >= 11 is 0. The van der Waals surface area contributed by atoms with Crippen molar-refractivity contribution in [2.75, 3.05) is 13.2 Å². The van der Waals surface area contributed by atoms with Gasteiger partial charge in [0.15, 0.2) is 5.79 Å². The average molecular weight is 290 g/mol. The van der Waals surface area contributed by atoms with Crippen LogP contribution in [-0.4, -0.2) is 25.3 Å². The van der Waals surface area contributed by atoms with Crippen molar-refractivity contribution in [1.29, 1.82) is 0 Å². The number of carbonyl (C=O) groups excluding carboxylic acids is 1. The third kappa shape index (κ3) is 2.86. The standard InChI is InChI=1S/C18H26O3/c1-13-6-4-5-7-14(10-19)16-9-18(8-15(13)16)20-11-17(2,3)12-21-18/h4-5,10,14-16H,1,6-9,11-12H2,2-3H3/b5-4-/t14-,15+,16-/m0/s1. The van der Waals surface area contributed by atoms with Crippen LogP contribution in [0.25, 0.3) is 0 Å². The van der Waals surface area contributed by atoms with E-state index in [1.807, 2.05) is 0 Å². The van der Waals surface area contributed by atoms with Crippen LogP contribution >= 0.6 is 0 Å². The first-order valence-corrected chi connectivity index (χ1v) is 8.01. The molecule has 0 aromatic heterocycles. The Morgan fingerprint density at radius 2 is 1.95 bits per heavy atom. The van der Waals surface area contributed by atoms with Gasteiger partial charge in [-0.15, -0.1) is 0 Å². The SMILES string of the molecule is C=C1C/C=C\C[C@@H](C=O)[C@@H]2CC3(C[C@H]12)OCC(C)(C)CO3. The molecule has 1 spiro atoms. The molecule has 1 saturated carbocycles. The fraction of sp³-hybridized carbons (Fsp3) is 0.722. The zero-order chi connectivity index (χ0) is 15.1. The number of aldehydes is 1. The predicted octanol–water partition coefficient (Wildman–Crippen LogP) is 3.50. The number of carbonyl (C=O) groups is 1. The van der Waals surface area contributed by atoms with Crippen LogP contribution in [-0.2, 0) is 14.3 Å². The third-order valence-electron chi connectivity index (χ3n) is 5.25. The summed E-state index contributed by atoms with van der Waals surface area (Å²) in [5.74, 6) is 0.219. The van der Waals surface area contributed by atoms with E-state index in [9.17, 15) is 4.79 Å². The normalized spacial score (nSPS) is 39.3. The molecule has 0 N–H and O–H groups in total. The predicted molar refractivity (Wildman–Crippen MR) is 81.7 cm³/mol. The van der Waals surface area contributed by atoms with Gasteiger partial charge in [0.05, 0.1) is 13.2 Å². The Balaban J connectivity index is 1.81. The molecule has 0 bridgehead atoms. The Morgan fingerprint density at radius 1 is 1.24 bits per heavy atom. The second-order valence-electron chi connectivity index (χ2n) is 7.70. The van der Waals surface area contributed by atoms with Crippen LogP contribution in [0.3, 0.4) is 0 Å². The molecule has 21 heavy (non-hydrogen) atoms. The van der Waals surface area contributed by atoms with Gasteiger partial charge in [-0.1, -0.05) is 38.2 Å². The Labute approximate surface area is 127 Å². The molecule has 0 unspecified atom stereocenters. The van der Waals surface area contributed by atoms with Crippen LogP contribution in [0.1, 0.15) is 39.5 Å². The first-order valence-electron chi connectivity index (χ1n) is 8.01. The van der Waals surface area contributed by atoms with E-state index >= 15 is 0 Å². The van der Waals surface area contributed by atoms with Gasteiger partial charge < -0.3 is 14.3 Å². The lowest BCUT2D eigenvalue weighted by Crippen LogP contribution is -2.46. The van der Waals surface area contributed by atoms with Gasteiger partial charge in [-0.2, -0.15) is 0 Å². The van der Waals surface area contributed by atoms with E-state index in [4.69, 9.17) is 9.47 Å². The van der Waals surface area contributed by atoms with Gasteiger partial charge in [-0.05, 0) is 24.7 Å². The highest BCUT2D eigenvalue weighted by atomic mass is 16.7. The highest BCUT2D eigenvalue weighted by Crippen LogP contribution is 2.52. The average Bonchev–Trinajstić information content (AvgIpc) is 2.81. The number of fused-ring (bicyclic) bond motifs is 1. The van der Waals surface area contributed by atoms with Gasteiger partial charge in [0, 0.05) is 24.2 Å². The molecule has 0 aromatic carbocycles. The van der Waals surface area contributed by atoms with Crippen molar-refractivity contribution in [2.45, 2.75) is 45.3 Å². The van der Waals surface area contributed by atoms with E-state index in [2.05, 4.69) is 32.6 Å². The number of allylic oxidation sites excluding steroid dienone is 3. The molecule has 3 heteroatoms. The quantitative estimate of drug-likeness (QED) is 0.547. The maximum atomic E-state index is 11.5. The molecule has 1 heterocycles. The van der Waals surface area contributed by atoms with Gasteiger partial charge in [0.2, 0.25) is 0 Å². The lowest BCUT2D eigenvalue weighted by Gasteiger charge is -2.41. The Hall–Kier alpha value is -0.930. The highest BCUT2D eigenvalue weighted by Gasteiger charge is 2.52. The van der Waals surface area contributed by atoms with Crippen molar-refractivity contribution >= 4 is 6.29 Å². The van der Waals surface area contributed by atoms with Gasteiger partial charge >= 0.3 is 0 Å². The summed E-state index contributed by atoms with van der Waals surface area (Å²) in [6.07, 6.45) is 8.80. The molecule has 1 saturated heterocycles.